The summed E-state index contributed by atoms with van der Waals surface area (Å²) in [6.07, 6.45) is 2.39. The van der Waals surface area contributed by atoms with Crippen LogP contribution in [-0.4, -0.2) is 14.1 Å². The summed E-state index contributed by atoms with van der Waals surface area (Å²) in [5.74, 6) is 0. The zero-order valence-electron chi connectivity index (χ0n) is 9.96. The molecule has 0 bridgehead atoms. The van der Waals surface area contributed by atoms with Crippen LogP contribution in [0.2, 0.25) is 10.6 Å². The van der Waals surface area contributed by atoms with Gasteiger partial charge < -0.3 is 0 Å². The minimum atomic E-state index is -0.608. The number of benzene rings is 1. The van der Waals surface area contributed by atoms with Gasteiger partial charge in [-0.15, -0.1) is 0 Å². The van der Waals surface area contributed by atoms with Crippen molar-refractivity contribution in [1.82, 2.24) is 0 Å². The molecule has 0 spiro atoms. The fourth-order valence-electron chi connectivity index (χ4n) is 2.89. The van der Waals surface area contributed by atoms with E-state index in [9.17, 15) is 0 Å². The van der Waals surface area contributed by atoms with Crippen LogP contribution in [0.15, 0.2) is 29.8 Å². The van der Waals surface area contributed by atoms with E-state index in [4.69, 9.17) is 0 Å². The van der Waals surface area contributed by atoms with Crippen molar-refractivity contribution in [2.45, 2.75) is 36.1 Å². The smallest absolute Gasteiger partial charge is 0.0961 e. The zero-order valence-corrected chi connectivity index (χ0v) is 11.1. The third-order valence-electron chi connectivity index (χ3n) is 3.72. The molecule has 15 heavy (non-hydrogen) atoms. The molecule has 0 saturated carbocycles. The molecule has 0 saturated heterocycles. The first-order valence-corrected chi connectivity index (χ1v) is 8.35. The van der Waals surface area contributed by atoms with Gasteiger partial charge >= 0.3 is 0 Å². The molecule has 0 heterocycles. The van der Waals surface area contributed by atoms with Crippen LogP contribution < -0.4 is 0 Å². The van der Waals surface area contributed by atoms with Crippen LogP contribution in [0, 0.1) is 0 Å². The Labute approximate surface area is 97.4 Å². The Kier molecular flexibility index (Phi) is 3.34. The lowest BCUT2D eigenvalue weighted by Crippen LogP contribution is -2.21. The summed E-state index contributed by atoms with van der Waals surface area (Å²) in [6, 6.07) is 8.93. The first kappa shape index (κ1) is 11.0. The SMILES string of the molecule is C[CH2][Al]([CH2]C)[CH]1C(C)=Cc2ccccc21. The number of fused-ring (bicyclic) bond motifs is 1. The van der Waals surface area contributed by atoms with Gasteiger partial charge in [-0.05, 0) is 22.8 Å². The Morgan fingerprint density at radius 1 is 1.13 bits per heavy atom. The maximum Gasteiger partial charge on any atom is 0.276 e. The fraction of sp³-hybridized carbons (Fsp3) is 0.429. The highest BCUT2D eigenvalue weighted by Gasteiger charge is 2.31. The molecule has 1 aromatic rings. The van der Waals surface area contributed by atoms with Crippen molar-refractivity contribution in [1.29, 1.82) is 0 Å². The molecule has 1 heteroatoms. The minimum Gasteiger partial charge on any atom is -0.0961 e. The van der Waals surface area contributed by atoms with E-state index < -0.39 is 14.1 Å². The summed E-state index contributed by atoms with van der Waals surface area (Å²) >= 11 is -0.608. The van der Waals surface area contributed by atoms with Crippen LogP contribution in [0.3, 0.4) is 0 Å². The predicted octanol–water partition coefficient (Wildman–Crippen LogP) is 4.26. The fourth-order valence-corrected chi connectivity index (χ4v) is 6.06. The monoisotopic (exact) mass is 214 g/mol. The van der Waals surface area contributed by atoms with Gasteiger partial charge in [0.25, 0.3) is 14.1 Å². The first-order valence-electron chi connectivity index (χ1n) is 6.05. The molecule has 1 aliphatic carbocycles. The second-order valence-corrected chi connectivity index (χ2v) is 8.39. The van der Waals surface area contributed by atoms with E-state index in [2.05, 4.69) is 51.1 Å². The molecule has 1 aliphatic rings. The maximum absolute atomic E-state index is 2.39. The third kappa shape index (κ3) is 1.92. The number of hydrogen-bond acceptors (Lipinski definition) is 0. The van der Waals surface area contributed by atoms with Gasteiger partial charge in [-0.1, -0.05) is 60.3 Å². The van der Waals surface area contributed by atoms with Gasteiger partial charge in [0.05, 0.1) is 0 Å². The van der Waals surface area contributed by atoms with Gasteiger partial charge in [-0.3, -0.25) is 0 Å². The summed E-state index contributed by atoms with van der Waals surface area (Å²) in [7, 11) is 0. The molecule has 1 aromatic carbocycles. The lowest BCUT2D eigenvalue weighted by Gasteiger charge is -2.19. The average Bonchev–Trinajstić information content (AvgIpc) is 2.58. The maximum atomic E-state index is 2.39. The summed E-state index contributed by atoms with van der Waals surface area (Å²) in [5.41, 5.74) is 4.69. The van der Waals surface area contributed by atoms with E-state index >= 15 is 0 Å². The second-order valence-electron chi connectivity index (χ2n) is 4.57. The summed E-state index contributed by atoms with van der Waals surface area (Å²) in [5, 5.41) is 2.83. The molecule has 0 nitrogen and oxygen atoms in total. The standard InChI is InChI=1S/C10H9.2C2H5.Al/c1-8-6-9-4-2-3-5-10(9)7-8;2*1-2;/h2-7H,1H3;2*1H2,2H3;. The lowest BCUT2D eigenvalue weighted by molar-refractivity contribution is 1.06. The topological polar surface area (TPSA) is 0 Å². The van der Waals surface area contributed by atoms with Crippen molar-refractivity contribution in [2.24, 2.45) is 0 Å². The molecule has 2 rings (SSSR count). The summed E-state index contributed by atoms with van der Waals surface area (Å²) < 4.78 is 0.816. The average molecular weight is 214 g/mol. The van der Waals surface area contributed by atoms with Gasteiger partial charge in [-0.2, -0.15) is 0 Å². The van der Waals surface area contributed by atoms with Gasteiger partial charge in [-0.25, -0.2) is 0 Å². The predicted molar refractivity (Wildman–Crippen MR) is 69.6 cm³/mol. The van der Waals surface area contributed by atoms with Crippen LogP contribution in [0.1, 0.15) is 36.7 Å². The third-order valence-corrected chi connectivity index (χ3v) is 7.65. The van der Waals surface area contributed by atoms with Crippen molar-refractivity contribution < 1.29 is 0 Å². The van der Waals surface area contributed by atoms with Crippen molar-refractivity contribution in [3.8, 4) is 0 Å². The van der Waals surface area contributed by atoms with E-state index in [1.165, 1.54) is 16.1 Å². The highest BCUT2D eigenvalue weighted by Crippen LogP contribution is 2.39. The Bertz CT molecular complexity index is 375. The Balaban J connectivity index is 2.38. The number of hydrogen-bond donors (Lipinski definition) is 0. The largest absolute Gasteiger partial charge is 0.276 e. The van der Waals surface area contributed by atoms with Crippen LogP contribution in [0.5, 0.6) is 0 Å². The Hall–Kier alpha value is -0.508. The molecule has 0 aliphatic heterocycles. The van der Waals surface area contributed by atoms with Crippen molar-refractivity contribution >= 4 is 20.2 Å². The Morgan fingerprint density at radius 3 is 2.47 bits per heavy atom. The van der Waals surface area contributed by atoms with Crippen molar-refractivity contribution in [3.63, 3.8) is 0 Å². The van der Waals surface area contributed by atoms with Crippen molar-refractivity contribution in [2.75, 3.05) is 0 Å². The molecular formula is C14H19Al. The molecule has 0 fully saturated rings. The molecule has 78 valence electrons. The van der Waals surface area contributed by atoms with E-state index in [1.807, 2.05) is 0 Å². The lowest BCUT2D eigenvalue weighted by atomic mass is 10.1. The summed E-state index contributed by atoms with van der Waals surface area (Å²) in [6.45, 7) is 7.05. The molecule has 0 N–H and O–H groups in total. The van der Waals surface area contributed by atoms with E-state index in [-0.39, 0.29) is 0 Å². The summed E-state index contributed by atoms with van der Waals surface area (Å²) in [4.78, 5) is 0. The van der Waals surface area contributed by atoms with Crippen LogP contribution >= 0.6 is 0 Å². The molecule has 0 amide bonds. The second kappa shape index (κ2) is 4.56. The van der Waals surface area contributed by atoms with Gasteiger partial charge in [0.2, 0.25) is 0 Å². The molecule has 1 unspecified atom stereocenters. The van der Waals surface area contributed by atoms with Crippen LogP contribution in [-0.2, 0) is 0 Å². The highest BCUT2D eigenvalue weighted by atomic mass is 27.2. The Morgan fingerprint density at radius 2 is 1.80 bits per heavy atom. The molecule has 0 aromatic heterocycles. The van der Waals surface area contributed by atoms with Crippen LogP contribution in [0.4, 0.5) is 0 Å². The van der Waals surface area contributed by atoms with Crippen LogP contribution in [0.25, 0.3) is 6.08 Å². The normalized spacial score (nSPS) is 18.6. The first-order chi connectivity index (χ1) is 7.27. The quantitative estimate of drug-likeness (QED) is 0.659. The molecular weight excluding hydrogens is 195 g/mol. The van der Waals surface area contributed by atoms with Crippen molar-refractivity contribution in [3.05, 3.63) is 41.0 Å². The van der Waals surface area contributed by atoms with E-state index in [0.29, 0.717) is 0 Å². The number of allylic oxidation sites excluding steroid dienone is 1. The van der Waals surface area contributed by atoms with Gasteiger partial charge in [0, 0.05) is 0 Å². The highest BCUT2D eigenvalue weighted by molar-refractivity contribution is 6.61. The zero-order chi connectivity index (χ0) is 10.8. The van der Waals surface area contributed by atoms with Gasteiger partial charge in [0.1, 0.15) is 0 Å². The van der Waals surface area contributed by atoms with E-state index in [1.54, 1.807) is 11.1 Å². The van der Waals surface area contributed by atoms with Gasteiger partial charge in [0.15, 0.2) is 0 Å². The van der Waals surface area contributed by atoms with E-state index in [0.717, 1.165) is 4.78 Å². The molecule has 1 atom stereocenters. The molecule has 0 radical (unpaired) electrons. The number of rotatable bonds is 3. The minimum absolute atomic E-state index is 0.608.